The number of rotatable bonds is 1. The van der Waals surface area contributed by atoms with Crippen LogP contribution in [0.3, 0.4) is 0 Å². The maximum atomic E-state index is 6.06. The fourth-order valence-electron chi connectivity index (χ4n) is 1.77. The summed E-state index contributed by atoms with van der Waals surface area (Å²) in [6.07, 6.45) is 0. The molecule has 16 heavy (non-hydrogen) atoms. The van der Waals surface area contributed by atoms with E-state index in [1.165, 1.54) is 16.7 Å². The summed E-state index contributed by atoms with van der Waals surface area (Å²) >= 11 is 9.53. The van der Waals surface area contributed by atoms with Gasteiger partial charge < -0.3 is 0 Å². The van der Waals surface area contributed by atoms with Crippen molar-refractivity contribution in [2.24, 2.45) is 0 Å². The van der Waals surface area contributed by atoms with E-state index < -0.39 is 0 Å². The summed E-state index contributed by atoms with van der Waals surface area (Å²) in [5, 5.41) is 0.755. The molecule has 0 nitrogen and oxygen atoms in total. The predicted octanol–water partition coefficient (Wildman–Crippen LogP) is 5.39. The highest BCUT2D eigenvalue weighted by Crippen LogP contribution is 2.30. The van der Waals surface area contributed by atoms with Gasteiger partial charge in [-0.15, -0.1) is 0 Å². The fourth-order valence-corrected chi connectivity index (χ4v) is 2.63. The van der Waals surface area contributed by atoms with Crippen molar-refractivity contribution in [3.8, 4) is 11.1 Å². The first-order valence-electron chi connectivity index (χ1n) is 5.10. The summed E-state index contributed by atoms with van der Waals surface area (Å²) in [5.74, 6) is 0. The standard InChI is InChI=1S/C14H12BrCl/c1-9-4-3-5-14(10(9)2)11-6-12(15)8-13(16)7-11/h3-8H,1-2H3. The lowest BCUT2D eigenvalue weighted by atomic mass is 9.97. The average molecular weight is 296 g/mol. The second-order valence-corrected chi connectivity index (χ2v) is 5.26. The van der Waals surface area contributed by atoms with E-state index in [9.17, 15) is 0 Å². The van der Waals surface area contributed by atoms with E-state index in [-0.39, 0.29) is 0 Å². The summed E-state index contributed by atoms with van der Waals surface area (Å²) in [6, 6.07) is 12.3. The second-order valence-electron chi connectivity index (χ2n) is 3.91. The zero-order valence-corrected chi connectivity index (χ0v) is 11.6. The van der Waals surface area contributed by atoms with Gasteiger partial charge in [0.25, 0.3) is 0 Å². The van der Waals surface area contributed by atoms with Crippen LogP contribution in [0.5, 0.6) is 0 Å². The Kier molecular flexibility index (Phi) is 3.36. The topological polar surface area (TPSA) is 0 Å². The van der Waals surface area contributed by atoms with Gasteiger partial charge in [0.1, 0.15) is 0 Å². The van der Waals surface area contributed by atoms with Crippen molar-refractivity contribution in [3.05, 3.63) is 57.0 Å². The van der Waals surface area contributed by atoms with Crippen LogP contribution in [0, 0.1) is 13.8 Å². The molecular formula is C14H12BrCl. The largest absolute Gasteiger partial charge is 0.0843 e. The lowest BCUT2D eigenvalue weighted by Gasteiger charge is -2.09. The number of hydrogen-bond acceptors (Lipinski definition) is 0. The van der Waals surface area contributed by atoms with E-state index in [0.29, 0.717) is 0 Å². The summed E-state index contributed by atoms with van der Waals surface area (Å²) in [6.45, 7) is 4.26. The van der Waals surface area contributed by atoms with E-state index in [2.05, 4.69) is 54.0 Å². The minimum Gasteiger partial charge on any atom is -0.0843 e. The highest BCUT2D eigenvalue weighted by atomic mass is 79.9. The molecule has 2 aromatic carbocycles. The molecule has 0 heterocycles. The van der Waals surface area contributed by atoms with E-state index >= 15 is 0 Å². The molecule has 0 unspecified atom stereocenters. The first-order chi connectivity index (χ1) is 7.58. The van der Waals surface area contributed by atoms with Crippen molar-refractivity contribution in [1.82, 2.24) is 0 Å². The van der Waals surface area contributed by atoms with Gasteiger partial charge in [-0.25, -0.2) is 0 Å². The first kappa shape index (κ1) is 11.7. The fraction of sp³-hybridized carbons (Fsp3) is 0.143. The van der Waals surface area contributed by atoms with Crippen molar-refractivity contribution in [1.29, 1.82) is 0 Å². The minimum atomic E-state index is 0.755. The molecule has 82 valence electrons. The SMILES string of the molecule is Cc1cccc(-c2cc(Cl)cc(Br)c2)c1C. The third-order valence-corrected chi connectivity index (χ3v) is 3.45. The molecule has 0 atom stereocenters. The van der Waals surface area contributed by atoms with Crippen LogP contribution in [-0.4, -0.2) is 0 Å². The molecule has 0 saturated carbocycles. The number of halogens is 2. The molecule has 0 bridgehead atoms. The second kappa shape index (κ2) is 4.60. The Morgan fingerprint density at radius 3 is 2.50 bits per heavy atom. The highest BCUT2D eigenvalue weighted by Gasteiger charge is 2.05. The van der Waals surface area contributed by atoms with Crippen LogP contribution in [-0.2, 0) is 0 Å². The molecule has 2 aromatic rings. The normalized spacial score (nSPS) is 10.5. The number of hydrogen-bond donors (Lipinski definition) is 0. The monoisotopic (exact) mass is 294 g/mol. The minimum absolute atomic E-state index is 0.755. The van der Waals surface area contributed by atoms with Gasteiger partial charge in [0.05, 0.1) is 0 Å². The molecule has 0 fully saturated rings. The van der Waals surface area contributed by atoms with Crippen molar-refractivity contribution in [3.63, 3.8) is 0 Å². The van der Waals surface area contributed by atoms with E-state index in [1.807, 2.05) is 12.1 Å². The Morgan fingerprint density at radius 2 is 1.81 bits per heavy atom. The number of benzene rings is 2. The molecule has 0 saturated heterocycles. The van der Waals surface area contributed by atoms with Gasteiger partial charge in [-0.3, -0.25) is 0 Å². The summed E-state index contributed by atoms with van der Waals surface area (Å²) in [7, 11) is 0. The zero-order valence-electron chi connectivity index (χ0n) is 9.22. The van der Waals surface area contributed by atoms with Crippen LogP contribution in [0.2, 0.25) is 5.02 Å². The Labute approximate surface area is 109 Å². The van der Waals surface area contributed by atoms with Crippen molar-refractivity contribution < 1.29 is 0 Å². The third kappa shape index (κ3) is 2.31. The average Bonchev–Trinajstić information content (AvgIpc) is 2.20. The van der Waals surface area contributed by atoms with Gasteiger partial charge in [-0.2, -0.15) is 0 Å². The highest BCUT2D eigenvalue weighted by molar-refractivity contribution is 9.10. The van der Waals surface area contributed by atoms with Gasteiger partial charge in [0.2, 0.25) is 0 Å². The summed E-state index contributed by atoms with van der Waals surface area (Å²) in [4.78, 5) is 0. The van der Waals surface area contributed by atoms with Crippen LogP contribution >= 0.6 is 27.5 Å². The lowest BCUT2D eigenvalue weighted by Crippen LogP contribution is -1.87. The van der Waals surface area contributed by atoms with Gasteiger partial charge in [-0.1, -0.05) is 45.7 Å². The molecule has 0 N–H and O–H groups in total. The molecule has 0 spiro atoms. The molecule has 0 aromatic heterocycles. The van der Waals surface area contributed by atoms with Crippen LogP contribution in [0.25, 0.3) is 11.1 Å². The van der Waals surface area contributed by atoms with E-state index in [1.54, 1.807) is 0 Å². The molecule has 2 heteroatoms. The Bertz CT molecular complexity index is 512. The van der Waals surface area contributed by atoms with Crippen LogP contribution in [0.1, 0.15) is 11.1 Å². The van der Waals surface area contributed by atoms with Crippen LogP contribution < -0.4 is 0 Å². The first-order valence-corrected chi connectivity index (χ1v) is 6.27. The number of aryl methyl sites for hydroxylation is 1. The maximum absolute atomic E-state index is 6.06. The predicted molar refractivity (Wildman–Crippen MR) is 74.1 cm³/mol. The van der Waals surface area contributed by atoms with E-state index in [4.69, 9.17) is 11.6 Å². The Balaban J connectivity index is 2.63. The molecule has 0 aliphatic rings. The lowest BCUT2D eigenvalue weighted by molar-refractivity contribution is 1.34. The summed E-state index contributed by atoms with van der Waals surface area (Å²) < 4.78 is 1.01. The summed E-state index contributed by atoms with van der Waals surface area (Å²) in [5.41, 5.74) is 4.99. The van der Waals surface area contributed by atoms with Gasteiger partial charge in [0, 0.05) is 9.50 Å². The third-order valence-electron chi connectivity index (χ3n) is 2.78. The van der Waals surface area contributed by atoms with Gasteiger partial charge in [-0.05, 0) is 54.3 Å². The van der Waals surface area contributed by atoms with Crippen molar-refractivity contribution in [2.45, 2.75) is 13.8 Å². The van der Waals surface area contributed by atoms with E-state index in [0.717, 1.165) is 15.1 Å². The van der Waals surface area contributed by atoms with Gasteiger partial charge in [0.15, 0.2) is 0 Å². The van der Waals surface area contributed by atoms with Crippen molar-refractivity contribution >= 4 is 27.5 Å². The maximum Gasteiger partial charge on any atom is 0.0423 e. The molecule has 2 rings (SSSR count). The molecule has 0 aliphatic carbocycles. The van der Waals surface area contributed by atoms with Crippen LogP contribution in [0.15, 0.2) is 40.9 Å². The molecule has 0 aliphatic heterocycles. The smallest absolute Gasteiger partial charge is 0.0423 e. The van der Waals surface area contributed by atoms with Crippen molar-refractivity contribution in [2.75, 3.05) is 0 Å². The molecule has 0 radical (unpaired) electrons. The van der Waals surface area contributed by atoms with Crippen LogP contribution in [0.4, 0.5) is 0 Å². The molecular weight excluding hydrogens is 284 g/mol. The van der Waals surface area contributed by atoms with Gasteiger partial charge >= 0.3 is 0 Å². The Hall–Kier alpha value is -0.790. The zero-order chi connectivity index (χ0) is 11.7. The Morgan fingerprint density at radius 1 is 1.06 bits per heavy atom. The molecule has 0 amide bonds. The quantitative estimate of drug-likeness (QED) is 0.662.